The number of benzene rings is 1. The van der Waals surface area contributed by atoms with E-state index < -0.39 is 5.54 Å². The van der Waals surface area contributed by atoms with Crippen LogP contribution in [0.15, 0.2) is 36.9 Å². The number of halogens is 1. The maximum atomic E-state index is 12.9. The molecule has 2 aromatic rings. The van der Waals surface area contributed by atoms with Crippen LogP contribution in [0.25, 0.3) is 10.9 Å². The Balaban J connectivity index is 1.50. The van der Waals surface area contributed by atoms with Crippen molar-refractivity contribution in [2.45, 2.75) is 51.2 Å². The Morgan fingerprint density at radius 1 is 1.31 bits per heavy atom. The van der Waals surface area contributed by atoms with Crippen LogP contribution in [0, 0.1) is 18.8 Å². The minimum atomic E-state index is -0.776. The van der Waals surface area contributed by atoms with Crippen molar-refractivity contribution in [3.8, 4) is 5.75 Å². The van der Waals surface area contributed by atoms with Crippen LogP contribution >= 0.6 is 15.9 Å². The molecule has 0 radical (unpaired) electrons. The van der Waals surface area contributed by atoms with Gasteiger partial charge < -0.3 is 10.1 Å². The summed E-state index contributed by atoms with van der Waals surface area (Å²) < 4.78 is 6.31. The molecule has 2 aliphatic carbocycles. The summed E-state index contributed by atoms with van der Waals surface area (Å²) in [5.74, 6) is 0.179. The largest absolute Gasteiger partial charge is 0.490 e. The van der Waals surface area contributed by atoms with Crippen molar-refractivity contribution in [2.75, 3.05) is 5.33 Å². The van der Waals surface area contributed by atoms with Gasteiger partial charge in [-0.3, -0.25) is 14.4 Å². The first-order valence-electron chi connectivity index (χ1n) is 10.9. The molecule has 1 aromatic heterocycles. The molecule has 6 nitrogen and oxygen atoms in total. The van der Waals surface area contributed by atoms with E-state index in [0.29, 0.717) is 36.2 Å². The molecule has 32 heavy (non-hydrogen) atoms. The quantitative estimate of drug-likeness (QED) is 0.332. The van der Waals surface area contributed by atoms with Gasteiger partial charge in [-0.15, -0.1) is 6.58 Å². The second-order valence-electron chi connectivity index (χ2n) is 8.90. The van der Waals surface area contributed by atoms with E-state index in [1.165, 1.54) is 6.92 Å². The number of nitrogens with one attached hydrogen (secondary N) is 1. The van der Waals surface area contributed by atoms with Gasteiger partial charge in [0.25, 0.3) is 0 Å². The molecule has 1 amide bonds. The molecule has 1 heterocycles. The van der Waals surface area contributed by atoms with Crippen LogP contribution in [0.1, 0.15) is 48.7 Å². The summed E-state index contributed by atoms with van der Waals surface area (Å²) in [5, 5.41) is 4.02. The first kappa shape index (κ1) is 22.6. The number of aryl methyl sites for hydroxylation is 1. The molecule has 4 atom stereocenters. The van der Waals surface area contributed by atoms with Crippen molar-refractivity contribution >= 4 is 44.3 Å². The van der Waals surface area contributed by atoms with E-state index in [9.17, 15) is 14.4 Å². The Hall–Kier alpha value is -2.54. The molecule has 0 bridgehead atoms. The Labute approximate surface area is 195 Å². The summed E-state index contributed by atoms with van der Waals surface area (Å²) in [5.41, 5.74) is 1.35. The lowest BCUT2D eigenvalue weighted by molar-refractivity contribution is -0.130. The Morgan fingerprint density at radius 3 is 2.75 bits per heavy atom. The third-order valence-corrected chi connectivity index (χ3v) is 7.17. The van der Waals surface area contributed by atoms with Gasteiger partial charge in [0.2, 0.25) is 5.91 Å². The van der Waals surface area contributed by atoms with E-state index in [0.717, 1.165) is 17.4 Å². The number of Topliss-reactive ketones (excluding diaryl/α,β-unsaturated/α-hetero) is 2. The number of hydrogen-bond acceptors (Lipinski definition) is 5. The smallest absolute Gasteiger partial charge is 0.224 e. The first-order valence-corrected chi connectivity index (χ1v) is 12.0. The number of aromatic nitrogens is 1. The third-order valence-electron chi connectivity index (χ3n) is 6.66. The van der Waals surface area contributed by atoms with Crippen LogP contribution in [-0.4, -0.2) is 39.4 Å². The maximum absolute atomic E-state index is 12.9. The highest BCUT2D eigenvalue weighted by Gasteiger charge is 2.58. The highest BCUT2D eigenvalue weighted by molar-refractivity contribution is 9.09. The third kappa shape index (κ3) is 4.22. The van der Waals surface area contributed by atoms with Crippen LogP contribution in [0.4, 0.5) is 0 Å². The van der Waals surface area contributed by atoms with E-state index in [4.69, 9.17) is 4.74 Å². The minimum Gasteiger partial charge on any atom is -0.490 e. The van der Waals surface area contributed by atoms with E-state index in [2.05, 4.69) is 32.8 Å². The fourth-order valence-corrected chi connectivity index (χ4v) is 4.90. The lowest BCUT2D eigenvalue weighted by Crippen LogP contribution is -2.46. The molecule has 0 aliphatic heterocycles. The predicted octanol–water partition coefficient (Wildman–Crippen LogP) is 4.32. The van der Waals surface area contributed by atoms with Crippen molar-refractivity contribution in [3.05, 3.63) is 48.2 Å². The van der Waals surface area contributed by atoms with E-state index in [1.54, 1.807) is 12.1 Å². The lowest BCUT2D eigenvalue weighted by atomic mass is 10.0. The summed E-state index contributed by atoms with van der Waals surface area (Å²) in [4.78, 5) is 41.7. The molecule has 1 N–H and O–H groups in total. The van der Waals surface area contributed by atoms with Crippen molar-refractivity contribution in [3.63, 3.8) is 0 Å². The van der Waals surface area contributed by atoms with Crippen molar-refractivity contribution in [1.29, 1.82) is 0 Å². The summed E-state index contributed by atoms with van der Waals surface area (Å²) in [6, 6.07) is 7.57. The fraction of sp³-hybridized carbons (Fsp3) is 0.440. The van der Waals surface area contributed by atoms with Gasteiger partial charge >= 0.3 is 0 Å². The molecule has 2 aliphatic rings. The zero-order valence-corrected chi connectivity index (χ0v) is 19.9. The Morgan fingerprint density at radius 2 is 2.09 bits per heavy atom. The SMILES string of the molecule is C=C[C@@H]1C[C@]1(NC(=O)[C@H]1CC[C@H](Oc2cc(C(=O)CBr)nc3cc(C)ccc23)C1)C(C)=O. The number of amides is 1. The molecule has 0 saturated heterocycles. The van der Waals surface area contributed by atoms with Gasteiger partial charge in [0, 0.05) is 23.3 Å². The lowest BCUT2D eigenvalue weighted by Gasteiger charge is -2.19. The normalized spacial score (nSPS) is 26.5. The standard InChI is InChI=1S/C25H27BrN2O4/c1-4-17-12-25(17,15(3)29)28-24(31)16-6-7-18(10-16)32-23-11-21(22(30)13-26)27-20-9-14(2)5-8-19(20)23/h4-5,8-9,11,16-18H,1,6-7,10,12-13H2,2-3H3,(H,28,31)/t16-,17+,18-,25-/m0/s1. The molecule has 0 spiro atoms. The molecule has 168 valence electrons. The number of rotatable bonds is 8. The second-order valence-corrected chi connectivity index (χ2v) is 9.46. The summed E-state index contributed by atoms with van der Waals surface area (Å²) in [6.07, 6.45) is 4.20. The molecule has 1 aromatic carbocycles. The number of ketones is 2. The number of alkyl halides is 1. The number of hydrogen-bond donors (Lipinski definition) is 1. The number of ether oxygens (including phenoxy) is 1. The van der Waals surface area contributed by atoms with Gasteiger partial charge in [-0.1, -0.05) is 28.1 Å². The Bertz CT molecular complexity index is 1110. The predicted molar refractivity (Wildman–Crippen MR) is 126 cm³/mol. The van der Waals surface area contributed by atoms with Crippen LogP contribution in [0.3, 0.4) is 0 Å². The summed E-state index contributed by atoms with van der Waals surface area (Å²) in [7, 11) is 0. The molecule has 4 rings (SSSR count). The van der Waals surface area contributed by atoms with E-state index in [1.807, 2.05) is 25.1 Å². The van der Waals surface area contributed by atoms with E-state index in [-0.39, 0.29) is 40.7 Å². The molecular weight excluding hydrogens is 472 g/mol. The molecule has 7 heteroatoms. The van der Waals surface area contributed by atoms with Gasteiger partial charge in [0.15, 0.2) is 11.6 Å². The van der Waals surface area contributed by atoms with E-state index >= 15 is 0 Å². The molecular formula is C25H27BrN2O4. The monoisotopic (exact) mass is 498 g/mol. The first-order chi connectivity index (χ1) is 15.3. The van der Waals surface area contributed by atoms with Gasteiger partial charge in [-0.25, -0.2) is 4.98 Å². The van der Waals surface area contributed by atoms with Gasteiger partial charge in [0.1, 0.15) is 17.0 Å². The van der Waals surface area contributed by atoms with Gasteiger partial charge in [-0.05, 0) is 57.2 Å². The highest BCUT2D eigenvalue weighted by Crippen LogP contribution is 2.45. The second kappa shape index (κ2) is 8.77. The van der Waals surface area contributed by atoms with Crippen molar-refractivity contribution in [2.24, 2.45) is 11.8 Å². The van der Waals surface area contributed by atoms with Crippen molar-refractivity contribution < 1.29 is 19.1 Å². The summed E-state index contributed by atoms with van der Waals surface area (Å²) >= 11 is 3.21. The van der Waals surface area contributed by atoms with Gasteiger partial charge in [-0.2, -0.15) is 0 Å². The number of carbonyl (C=O) groups is 3. The van der Waals surface area contributed by atoms with Crippen LogP contribution in [0.5, 0.6) is 5.75 Å². The van der Waals surface area contributed by atoms with Crippen LogP contribution < -0.4 is 10.1 Å². The molecule has 0 unspecified atom stereocenters. The zero-order chi connectivity index (χ0) is 23.0. The number of nitrogens with zero attached hydrogens (tertiary/aromatic N) is 1. The molecule has 2 saturated carbocycles. The Kier molecular flexibility index (Phi) is 6.21. The fourth-order valence-electron chi connectivity index (χ4n) is 4.61. The minimum absolute atomic E-state index is 0.00873. The topological polar surface area (TPSA) is 85.4 Å². The van der Waals surface area contributed by atoms with Gasteiger partial charge in [0.05, 0.1) is 17.0 Å². The number of pyridine rings is 1. The maximum Gasteiger partial charge on any atom is 0.224 e. The van der Waals surface area contributed by atoms with Crippen LogP contribution in [-0.2, 0) is 9.59 Å². The van der Waals surface area contributed by atoms with Crippen LogP contribution in [0.2, 0.25) is 0 Å². The highest BCUT2D eigenvalue weighted by atomic mass is 79.9. The number of fused-ring (bicyclic) bond motifs is 1. The summed E-state index contributed by atoms with van der Waals surface area (Å²) in [6.45, 7) is 7.26. The van der Waals surface area contributed by atoms with Crippen molar-refractivity contribution in [1.82, 2.24) is 10.3 Å². The number of carbonyl (C=O) groups excluding carboxylic acids is 3. The average molecular weight is 499 g/mol. The average Bonchev–Trinajstić information content (AvgIpc) is 3.29. The molecule has 2 fully saturated rings. The zero-order valence-electron chi connectivity index (χ0n) is 18.3.